The van der Waals surface area contributed by atoms with E-state index in [4.69, 9.17) is 0 Å². The Morgan fingerprint density at radius 3 is 2.18 bits per heavy atom. The minimum atomic E-state index is -3.43. The molecule has 0 spiro atoms. The van der Waals surface area contributed by atoms with E-state index < -0.39 is 15.3 Å². The van der Waals surface area contributed by atoms with Crippen molar-refractivity contribution in [1.82, 2.24) is 19.4 Å². The predicted molar refractivity (Wildman–Crippen MR) is 107 cm³/mol. The number of hydrogen-bond donors (Lipinski definition) is 1. The number of sulfonamides is 1. The smallest absolute Gasteiger partial charge is 0.319 e. The van der Waals surface area contributed by atoms with Gasteiger partial charge in [0, 0.05) is 45.3 Å². The van der Waals surface area contributed by atoms with Gasteiger partial charge in [0.2, 0.25) is 15.9 Å². The third-order valence-electron chi connectivity index (χ3n) is 6.04. The van der Waals surface area contributed by atoms with E-state index in [1.807, 2.05) is 4.90 Å². The van der Waals surface area contributed by atoms with Crippen LogP contribution in [0.15, 0.2) is 12.7 Å². The van der Waals surface area contributed by atoms with Crippen LogP contribution < -0.4 is 5.32 Å². The van der Waals surface area contributed by atoms with E-state index in [-0.39, 0.29) is 18.0 Å². The molecule has 3 fully saturated rings. The maximum absolute atomic E-state index is 13.1. The Morgan fingerprint density at radius 1 is 0.893 bits per heavy atom. The Bertz CT molecular complexity index is 682. The summed E-state index contributed by atoms with van der Waals surface area (Å²) in [5, 5.41) is 2.36. The molecular formula is C19H32N4O4S. The van der Waals surface area contributed by atoms with Crippen LogP contribution in [0.1, 0.15) is 44.9 Å². The maximum Gasteiger partial charge on any atom is 0.319 e. The summed E-state index contributed by atoms with van der Waals surface area (Å²) in [6.07, 6.45) is 6.94. The van der Waals surface area contributed by atoms with Crippen molar-refractivity contribution in [3.63, 3.8) is 0 Å². The molecule has 8 nitrogen and oxygen atoms in total. The van der Waals surface area contributed by atoms with Gasteiger partial charge in [-0.2, -0.15) is 4.31 Å². The lowest BCUT2D eigenvalue weighted by molar-refractivity contribution is -0.117. The number of urea groups is 1. The van der Waals surface area contributed by atoms with Crippen molar-refractivity contribution in [3.8, 4) is 0 Å². The van der Waals surface area contributed by atoms with E-state index in [1.165, 1.54) is 16.8 Å². The molecule has 3 saturated heterocycles. The van der Waals surface area contributed by atoms with Gasteiger partial charge in [-0.25, -0.2) is 13.2 Å². The Labute approximate surface area is 168 Å². The van der Waals surface area contributed by atoms with Crippen molar-refractivity contribution in [2.24, 2.45) is 0 Å². The zero-order valence-corrected chi connectivity index (χ0v) is 17.3. The van der Waals surface area contributed by atoms with E-state index in [0.717, 1.165) is 38.8 Å². The van der Waals surface area contributed by atoms with Crippen molar-refractivity contribution < 1.29 is 18.0 Å². The van der Waals surface area contributed by atoms with Gasteiger partial charge in [0.05, 0.1) is 5.25 Å². The molecule has 3 rings (SSSR count). The number of carbonyl (C=O) groups is 2. The lowest BCUT2D eigenvalue weighted by Gasteiger charge is -2.39. The van der Waals surface area contributed by atoms with Crippen LogP contribution in [0.25, 0.3) is 0 Å². The van der Waals surface area contributed by atoms with Gasteiger partial charge in [-0.3, -0.25) is 4.79 Å². The van der Waals surface area contributed by atoms with Gasteiger partial charge in [0.1, 0.15) is 0 Å². The van der Waals surface area contributed by atoms with Crippen LogP contribution in [0.4, 0.5) is 4.79 Å². The molecule has 0 unspecified atom stereocenters. The quantitative estimate of drug-likeness (QED) is 0.702. The monoisotopic (exact) mass is 412 g/mol. The minimum absolute atomic E-state index is 0.0562. The van der Waals surface area contributed by atoms with Crippen molar-refractivity contribution in [1.29, 1.82) is 0 Å². The van der Waals surface area contributed by atoms with Gasteiger partial charge in [-0.05, 0) is 51.0 Å². The first-order valence-electron chi connectivity index (χ1n) is 10.4. The third-order valence-corrected chi connectivity index (χ3v) is 8.40. The van der Waals surface area contributed by atoms with E-state index >= 15 is 0 Å². The summed E-state index contributed by atoms with van der Waals surface area (Å²) in [6, 6.07) is -0.115. The summed E-state index contributed by atoms with van der Waals surface area (Å²) < 4.78 is 27.7. The Hall–Kier alpha value is -1.61. The highest BCUT2D eigenvalue weighted by Gasteiger charge is 2.38. The number of nitrogens with zero attached hydrogens (tertiary/aromatic N) is 3. The molecule has 0 saturated carbocycles. The third kappa shape index (κ3) is 4.86. The van der Waals surface area contributed by atoms with Gasteiger partial charge in [-0.1, -0.05) is 6.58 Å². The van der Waals surface area contributed by atoms with Gasteiger partial charge < -0.3 is 15.1 Å². The first kappa shape index (κ1) is 21.1. The number of rotatable bonds is 4. The molecule has 0 aromatic rings. The average molecular weight is 413 g/mol. The first-order valence-corrected chi connectivity index (χ1v) is 11.9. The predicted octanol–water partition coefficient (Wildman–Crippen LogP) is 1.15. The van der Waals surface area contributed by atoms with Crippen molar-refractivity contribution in [2.45, 2.75) is 56.2 Å². The molecule has 3 aliphatic rings. The fraction of sp³-hybridized carbons (Fsp3) is 0.789. The Balaban J connectivity index is 1.54. The summed E-state index contributed by atoms with van der Waals surface area (Å²) in [4.78, 5) is 27.9. The molecular weight excluding hydrogens is 380 g/mol. The molecule has 0 aromatic heterocycles. The molecule has 3 aliphatic heterocycles. The van der Waals surface area contributed by atoms with Crippen molar-refractivity contribution in [2.75, 3.05) is 39.3 Å². The van der Waals surface area contributed by atoms with E-state index in [0.29, 0.717) is 39.0 Å². The van der Waals surface area contributed by atoms with Crippen LogP contribution in [-0.2, 0) is 14.8 Å². The van der Waals surface area contributed by atoms with Gasteiger partial charge >= 0.3 is 6.03 Å². The first-order chi connectivity index (χ1) is 13.4. The molecule has 3 amide bonds. The number of hydrogen-bond acceptors (Lipinski definition) is 4. The van der Waals surface area contributed by atoms with Crippen molar-refractivity contribution in [3.05, 3.63) is 12.7 Å². The number of piperidine rings is 3. The summed E-state index contributed by atoms with van der Waals surface area (Å²) >= 11 is 0. The molecule has 0 radical (unpaired) electrons. The fourth-order valence-electron chi connectivity index (χ4n) is 4.39. The second kappa shape index (κ2) is 9.26. The highest BCUT2D eigenvalue weighted by Crippen LogP contribution is 2.25. The summed E-state index contributed by atoms with van der Waals surface area (Å²) in [6.45, 7) is 6.85. The molecule has 28 heavy (non-hydrogen) atoms. The second-order valence-electron chi connectivity index (χ2n) is 7.97. The average Bonchev–Trinajstić information content (AvgIpc) is 2.74. The molecule has 0 aromatic carbocycles. The summed E-state index contributed by atoms with van der Waals surface area (Å²) in [5.41, 5.74) is 0. The molecule has 0 aliphatic carbocycles. The molecule has 1 N–H and O–H groups in total. The number of carbonyl (C=O) groups excluding carboxylic acids is 2. The van der Waals surface area contributed by atoms with E-state index in [2.05, 4.69) is 11.9 Å². The molecule has 158 valence electrons. The number of nitrogens with one attached hydrogen (secondary N) is 1. The van der Waals surface area contributed by atoms with Gasteiger partial charge in [0.15, 0.2) is 0 Å². The molecule has 1 atom stereocenters. The van der Waals surface area contributed by atoms with Gasteiger partial charge in [0.25, 0.3) is 0 Å². The van der Waals surface area contributed by atoms with Crippen LogP contribution >= 0.6 is 0 Å². The zero-order chi connectivity index (χ0) is 20.1. The number of likely N-dealkylation sites (tertiary alicyclic amines) is 2. The topological polar surface area (TPSA) is 90.0 Å². The lowest BCUT2D eigenvalue weighted by Crippen LogP contribution is -2.54. The van der Waals surface area contributed by atoms with E-state index in [9.17, 15) is 18.0 Å². The SMILES string of the molecule is C=CC(=O)N[C@H]1CCCN(S(=O)(=O)C2CCN(C(=O)N3CCCCC3)CC2)C1. The van der Waals surface area contributed by atoms with Gasteiger partial charge in [-0.15, -0.1) is 0 Å². The minimum Gasteiger partial charge on any atom is -0.349 e. The van der Waals surface area contributed by atoms with E-state index in [1.54, 1.807) is 4.90 Å². The highest BCUT2D eigenvalue weighted by atomic mass is 32.2. The normalized spacial score (nSPS) is 25.4. The van der Waals surface area contributed by atoms with Crippen LogP contribution in [-0.4, -0.2) is 85.0 Å². The number of amides is 3. The van der Waals surface area contributed by atoms with Crippen LogP contribution in [0.5, 0.6) is 0 Å². The van der Waals surface area contributed by atoms with Crippen LogP contribution in [0, 0.1) is 0 Å². The lowest BCUT2D eigenvalue weighted by atomic mass is 10.1. The summed E-state index contributed by atoms with van der Waals surface area (Å²) in [7, 11) is -3.43. The van der Waals surface area contributed by atoms with Crippen LogP contribution in [0.3, 0.4) is 0 Å². The standard InChI is InChI=1S/C19H32N4O4S/c1-2-18(24)20-16-7-6-12-23(15-16)28(26,27)17-8-13-22(14-9-17)19(25)21-10-4-3-5-11-21/h2,16-17H,1,3-15H2,(H,20,24)/t16-/m0/s1. The highest BCUT2D eigenvalue weighted by molar-refractivity contribution is 7.89. The van der Waals surface area contributed by atoms with Crippen molar-refractivity contribution >= 4 is 22.0 Å². The zero-order valence-electron chi connectivity index (χ0n) is 16.5. The molecule has 9 heteroatoms. The Morgan fingerprint density at radius 2 is 1.54 bits per heavy atom. The fourth-order valence-corrected chi connectivity index (χ4v) is 6.39. The molecule has 3 heterocycles. The summed E-state index contributed by atoms with van der Waals surface area (Å²) in [5.74, 6) is -0.270. The Kier molecular flexibility index (Phi) is 6.98. The maximum atomic E-state index is 13.1. The second-order valence-corrected chi connectivity index (χ2v) is 10.2. The van der Waals surface area contributed by atoms with Crippen LogP contribution in [0.2, 0.25) is 0 Å². The molecule has 0 bridgehead atoms. The largest absolute Gasteiger partial charge is 0.349 e.